The smallest absolute Gasteiger partial charge is 0.404 e. The van der Waals surface area contributed by atoms with Gasteiger partial charge in [-0.05, 0) is 36.2 Å². The zero-order chi connectivity index (χ0) is 19.8. The monoisotopic (exact) mass is 394 g/mol. The topological polar surface area (TPSA) is 91.4 Å². The van der Waals surface area contributed by atoms with Crippen molar-refractivity contribution in [3.05, 3.63) is 63.3 Å². The van der Waals surface area contributed by atoms with Crippen molar-refractivity contribution >= 4 is 38.4 Å². The number of hydrogen-bond donors (Lipinski definition) is 3. The third-order valence-corrected chi connectivity index (χ3v) is 5.70. The van der Waals surface area contributed by atoms with E-state index in [0.717, 1.165) is 37.9 Å². The molecule has 0 bridgehead atoms. The lowest BCUT2D eigenvalue weighted by Gasteiger charge is -2.14. The molecule has 0 aliphatic rings. The van der Waals surface area contributed by atoms with Gasteiger partial charge in [-0.25, -0.2) is 4.79 Å². The minimum absolute atomic E-state index is 0.0909. The maximum atomic E-state index is 12.4. The lowest BCUT2D eigenvalue weighted by atomic mass is 9.96. The number of rotatable bonds is 4. The van der Waals surface area contributed by atoms with Crippen LogP contribution in [0, 0.1) is 6.92 Å². The molecule has 0 aliphatic heterocycles. The van der Waals surface area contributed by atoms with Gasteiger partial charge in [0.05, 0.1) is 7.11 Å². The highest BCUT2D eigenvalue weighted by molar-refractivity contribution is 7.19. The van der Waals surface area contributed by atoms with E-state index in [0.29, 0.717) is 10.4 Å². The highest BCUT2D eigenvalue weighted by Gasteiger charge is 2.17. The molecular weight excluding hydrogens is 376 g/mol. The molecule has 1 amide bonds. The number of carbonyl (C=O) groups is 1. The van der Waals surface area contributed by atoms with E-state index < -0.39 is 6.09 Å². The first-order valence-electron chi connectivity index (χ1n) is 8.67. The fourth-order valence-corrected chi connectivity index (χ4v) is 4.35. The molecular formula is C21H18N2O4S. The summed E-state index contributed by atoms with van der Waals surface area (Å²) in [6.45, 7) is 2.23. The Morgan fingerprint density at radius 3 is 2.64 bits per heavy atom. The summed E-state index contributed by atoms with van der Waals surface area (Å²) in [5, 5.41) is 13.0. The Kier molecular flexibility index (Phi) is 4.52. The number of H-pyrrole nitrogens is 1. The predicted molar refractivity (Wildman–Crippen MR) is 112 cm³/mol. The molecule has 0 unspecified atom stereocenters. The number of aryl methyl sites for hydroxylation is 1. The quantitative estimate of drug-likeness (QED) is 0.475. The van der Waals surface area contributed by atoms with Crippen LogP contribution in [-0.4, -0.2) is 23.3 Å². The van der Waals surface area contributed by atoms with Crippen LogP contribution in [-0.2, 0) is 6.54 Å². The van der Waals surface area contributed by atoms with Gasteiger partial charge in [0.15, 0.2) is 0 Å². The molecule has 3 N–H and O–H groups in total. The average molecular weight is 394 g/mol. The van der Waals surface area contributed by atoms with Crippen LogP contribution in [0.2, 0.25) is 0 Å². The lowest BCUT2D eigenvalue weighted by molar-refractivity contribution is 0.194. The van der Waals surface area contributed by atoms with Gasteiger partial charge in [-0.1, -0.05) is 24.3 Å². The maximum absolute atomic E-state index is 12.4. The molecule has 6 nitrogen and oxygen atoms in total. The van der Waals surface area contributed by atoms with Crippen LogP contribution in [0.4, 0.5) is 4.79 Å². The number of aromatic amines is 1. The van der Waals surface area contributed by atoms with Crippen LogP contribution in [0.3, 0.4) is 0 Å². The second-order valence-corrected chi connectivity index (χ2v) is 7.73. The molecule has 0 atom stereocenters. The van der Waals surface area contributed by atoms with Crippen LogP contribution in [0.15, 0.2) is 47.3 Å². The first kappa shape index (κ1) is 18.1. The van der Waals surface area contributed by atoms with E-state index in [-0.39, 0.29) is 12.1 Å². The van der Waals surface area contributed by atoms with Crippen LogP contribution in [0.25, 0.3) is 32.1 Å². The van der Waals surface area contributed by atoms with E-state index in [1.807, 2.05) is 49.4 Å². The van der Waals surface area contributed by atoms with Crippen molar-refractivity contribution in [1.82, 2.24) is 10.3 Å². The van der Waals surface area contributed by atoms with Crippen LogP contribution >= 0.6 is 11.3 Å². The summed E-state index contributed by atoms with van der Waals surface area (Å²) in [4.78, 5) is 27.2. The van der Waals surface area contributed by atoms with E-state index >= 15 is 0 Å². The fraction of sp³-hybridized carbons (Fsp3) is 0.143. The Morgan fingerprint density at radius 1 is 1.21 bits per heavy atom. The second kappa shape index (κ2) is 7.01. The molecule has 0 saturated heterocycles. The van der Waals surface area contributed by atoms with Crippen molar-refractivity contribution in [1.29, 1.82) is 0 Å². The molecule has 2 aromatic heterocycles. The largest absolute Gasteiger partial charge is 0.496 e. The molecule has 142 valence electrons. The molecule has 0 fully saturated rings. The van der Waals surface area contributed by atoms with Crippen molar-refractivity contribution in [2.45, 2.75) is 13.5 Å². The van der Waals surface area contributed by atoms with E-state index in [2.05, 4.69) is 10.3 Å². The van der Waals surface area contributed by atoms with Crippen molar-refractivity contribution < 1.29 is 14.6 Å². The summed E-state index contributed by atoms with van der Waals surface area (Å²) in [5.41, 5.74) is 3.35. The van der Waals surface area contributed by atoms with Crippen LogP contribution < -0.4 is 15.6 Å². The first-order valence-corrected chi connectivity index (χ1v) is 9.49. The van der Waals surface area contributed by atoms with Gasteiger partial charge in [-0.15, -0.1) is 11.3 Å². The minimum Gasteiger partial charge on any atom is -0.496 e. The molecule has 0 radical (unpaired) electrons. The Bertz CT molecular complexity index is 1260. The van der Waals surface area contributed by atoms with E-state index in [9.17, 15) is 9.59 Å². The summed E-state index contributed by atoms with van der Waals surface area (Å²) >= 11 is 1.47. The molecule has 2 heterocycles. The molecule has 28 heavy (non-hydrogen) atoms. The number of benzene rings is 2. The molecule has 7 heteroatoms. The molecule has 0 spiro atoms. The summed E-state index contributed by atoms with van der Waals surface area (Å²) in [6, 6.07) is 13.4. The van der Waals surface area contributed by atoms with E-state index in [4.69, 9.17) is 9.84 Å². The standard InChI is InChI=1S/C21H18N2O4S/c1-11-9-14-18-15(23-20(24)19(14)28-11)7-8-16(27-2)17(18)13-5-3-12(4-6-13)10-22-21(25)26/h3-9,22H,10H2,1-2H3,(H,23,24)(H,25,26). The number of aromatic nitrogens is 1. The average Bonchev–Trinajstić information content (AvgIpc) is 3.08. The Labute approximate surface area is 164 Å². The van der Waals surface area contributed by atoms with Gasteiger partial charge >= 0.3 is 6.09 Å². The maximum Gasteiger partial charge on any atom is 0.404 e. The zero-order valence-electron chi connectivity index (χ0n) is 15.3. The second-order valence-electron chi connectivity index (χ2n) is 6.47. The molecule has 0 aliphatic carbocycles. The number of nitrogens with one attached hydrogen (secondary N) is 2. The third kappa shape index (κ3) is 3.10. The fourth-order valence-electron chi connectivity index (χ4n) is 3.44. The summed E-state index contributed by atoms with van der Waals surface area (Å²) in [6.07, 6.45) is -1.06. The molecule has 4 aromatic rings. The lowest BCUT2D eigenvalue weighted by Crippen LogP contribution is -2.19. The minimum atomic E-state index is -1.06. The van der Waals surface area contributed by atoms with E-state index in [1.165, 1.54) is 11.3 Å². The number of amides is 1. The van der Waals surface area contributed by atoms with Gasteiger partial charge < -0.3 is 20.1 Å². The van der Waals surface area contributed by atoms with Crippen molar-refractivity contribution in [3.8, 4) is 16.9 Å². The van der Waals surface area contributed by atoms with Crippen molar-refractivity contribution in [2.75, 3.05) is 7.11 Å². The Morgan fingerprint density at radius 2 is 1.96 bits per heavy atom. The highest BCUT2D eigenvalue weighted by atomic mass is 32.1. The number of thiophene rings is 1. The highest BCUT2D eigenvalue weighted by Crippen LogP contribution is 2.40. The number of carboxylic acid groups (broad SMARTS) is 1. The summed E-state index contributed by atoms with van der Waals surface area (Å²) < 4.78 is 6.32. The zero-order valence-corrected chi connectivity index (χ0v) is 16.1. The van der Waals surface area contributed by atoms with Gasteiger partial charge in [0, 0.05) is 33.3 Å². The number of pyridine rings is 1. The normalized spacial score (nSPS) is 11.1. The number of methoxy groups -OCH3 is 1. The summed E-state index contributed by atoms with van der Waals surface area (Å²) in [7, 11) is 1.62. The molecule has 0 saturated carbocycles. The van der Waals surface area contributed by atoms with Crippen LogP contribution in [0.5, 0.6) is 5.75 Å². The Balaban J connectivity index is 1.96. The SMILES string of the molecule is COc1ccc2[nH]c(=O)c3sc(C)cc3c2c1-c1ccc(CNC(=O)O)cc1. The number of ether oxygens (including phenoxy) is 1. The van der Waals surface area contributed by atoms with Crippen molar-refractivity contribution in [2.24, 2.45) is 0 Å². The third-order valence-electron chi connectivity index (χ3n) is 4.65. The molecule has 2 aromatic carbocycles. The Hall–Kier alpha value is -3.32. The van der Waals surface area contributed by atoms with Gasteiger partial charge in [0.1, 0.15) is 10.4 Å². The predicted octanol–water partition coefficient (Wildman–Crippen LogP) is 4.49. The van der Waals surface area contributed by atoms with E-state index in [1.54, 1.807) is 7.11 Å². The first-order chi connectivity index (χ1) is 13.5. The van der Waals surface area contributed by atoms with Gasteiger partial charge in [-0.3, -0.25) is 4.79 Å². The van der Waals surface area contributed by atoms with Crippen molar-refractivity contribution in [3.63, 3.8) is 0 Å². The summed E-state index contributed by atoms with van der Waals surface area (Å²) in [5.74, 6) is 0.709. The van der Waals surface area contributed by atoms with Gasteiger partial charge in [-0.2, -0.15) is 0 Å². The molecule has 4 rings (SSSR count). The van der Waals surface area contributed by atoms with Gasteiger partial charge in [0.25, 0.3) is 5.56 Å². The van der Waals surface area contributed by atoms with Gasteiger partial charge in [0.2, 0.25) is 0 Å². The van der Waals surface area contributed by atoms with Crippen LogP contribution in [0.1, 0.15) is 10.4 Å². The number of fused-ring (bicyclic) bond motifs is 3. The number of hydrogen-bond acceptors (Lipinski definition) is 4.